The summed E-state index contributed by atoms with van der Waals surface area (Å²) in [5.74, 6) is -4.24. The van der Waals surface area contributed by atoms with Gasteiger partial charge in [-0.2, -0.15) is 13.2 Å². The molecule has 3 nitrogen and oxygen atoms in total. The van der Waals surface area contributed by atoms with E-state index >= 15 is 8.78 Å². The highest BCUT2D eigenvalue weighted by atomic mass is 19.3. The van der Waals surface area contributed by atoms with Gasteiger partial charge in [-0.05, 0) is 54.9 Å². The lowest BCUT2D eigenvalue weighted by Gasteiger charge is -2.33. The zero-order chi connectivity index (χ0) is 26.1. The first-order valence-corrected chi connectivity index (χ1v) is 13.5. The van der Waals surface area contributed by atoms with E-state index in [4.69, 9.17) is 4.74 Å². The summed E-state index contributed by atoms with van der Waals surface area (Å²) in [6.45, 7) is 6.05. The first-order valence-electron chi connectivity index (χ1n) is 13.5. The molecule has 0 saturated carbocycles. The molecule has 3 unspecified atom stereocenters. The maximum atomic E-state index is 15.2. The molecule has 7 heteroatoms. The molecule has 0 amide bonds. The summed E-state index contributed by atoms with van der Waals surface area (Å²) in [5, 5.41) is 0. The largest absolute Gasteiger partial charge is 0.369 e. The van der Waals surface area contributed by atoms with E-state index in [0.717, 1.165) is 37.7 Å². The van der Waals surface area contributed by atoms with Crippen molar-refractivity contribution >= 4 is 0 Å². The van der Waals surface area contributed by atoms with Gasteiger partial charge in [0.05, 0.1) is 23.6 Å². The Hall–Kier alpha value is -2.02. The number of nitrogens with zero attached hydrogens (tertiary/aromatic N) is 2. The maximum absolute atomic E-state index is 15.2. The highest BCUT2D eigenvalue weighted by Crippen LogP contribution is 2.43. The van der Waals surface area contributed by atoms with Gasteiger partial charge in [-0.3, -0.25) is 4.98 Å². The van der Waals surface area contributed by atoms with Crippen molar-refractivity contribution in [1.82, 2.24) is 9.97 Å². The molecule has 0 spiro atoms. The summed E-state index contributed by atoms with van der Waals surface area (Å²) in [6.07, 6.45) is 7.49. The third-order valence-electron chi connectivity index (χ3n) is 7.04. The van der Waals surface area contributed by atoms with Crippen molar-refractivity contribution in [2.75, 3.05) is 6.61 Å². The Morgan fingerprint density at radius 1 is 1.06 bits per heavy atom. The van der Waals surface area contributed by atoms with E-state index in [1.165, 1.54) is 18.9 Å². The lowest BCUT2D eigenvalue weighted by Crippen LogP contribution is -2.40. The molecule has 0 N–H and O–H groups in total. The number of aryl methyl sites for hydroxylation is 1. The third-order valence-corrected chi connectivity index (χ3v) is 7.04. The van der Waals surface area contributed by atoms with Crippen LogP contribution in [0.1, 0.15) is 95.2 Å². The van der Waals surface area contributed by atoms with Crippen LogP contribution >= 0.6 is 0 Å². The fourth-order valence-corrected chi connectivity index (χ4v) is 4.91. The fourth-order valence-electron chi connectivity index (χ4n) is 4.91. The third kappa shape index (κ3) is 7.50. The molecule has 0 radical (unpaired) electrons. The molecule has 0 saturated heterocycles. The van der Waals surface area contributed by atoms with Crippen molar-refractivity contribution in [3.8, 4) is 11.4 Å². The van der Waals surface area contributed by atoms with Gasteiger partial charge in [-0.15, -0.1) is 0 Å². The predicted molar refractivity (Wildman–Crippen MR) is 135 cm³/mol. The summed E-state index contributed by atoms with van der Waals surface area (Å²) in [4.78, 5) is 8.26. The number of unbranched alkanes of at least 4 members (excludes halogenated alkanes) is 4. The Labute approximate surface area is 213 Å². The molecule has 2 aromatic heterocycles. The van der Waals surface area contributed by atoms with Crippen LogP contribution < -0.4 is 0 Å². The van der Waals surface area contributed by atoms with Gasteiger partial charge < -0.3 is 4.74 Å². The Bertz CT molecular complexity index is 951. The monoisotopic (exact) mass is 508 g/mol. The van der Waals surface area contributed by atoms with Crippen molar-refractivity contribution in [2.45, 2.75) is 110 Å². The number of rotatable bonds is 14. The topological polar surface area (TPSA) is 35.0 Å². The highest BCUT2D eigenvalue weighted by molar-refractivity contribution is 5.57. The van der Waals surface area contributed by atoms with Gasteiger partial charge in [0.15, 0.2) is 0 Å². The van der Waals surface area contributed by atoms with Gasteiger partial charge in [0.2, 0.25) is 5.95 Å². The number of fused-ring (bicyclic) bond motifs is 1. The maximum Gasteiger partial charge on any atom is 0.303 e. The second-order valence-corrected chi connectivity index (χ2v) is 10.3. The smallest absolute Gasteiger partial charge is 0.303 e. The number of aromatic nitrogens is 2. The molecule has 0 aliphatic heterocycles. The number of ether oxygens (including phenoxy) is 1. The van der Waals surface area contributed by atoms with E-state index in [-0.39, 0.29) is 30.5 Å². The van der Waals surface area contributed by atoms with Crippen LogP contribution in [0.3, 0.4) is 0 Å². The summed E-state index contributed by atoms with van der Waals surface area (Å²) in [6, 6.07) is 5.21. The van der Waals surface area contributed by atoms with Crippen molar-refractivity contribution in [3.05, 3.63) is 47.0 Å². The first-order chi connectivity index (χ1) is 17.3. The zero-order valence-corrected chi connectivity index (χ0v) is 21.8. The van der Waals surface area contributed by atoms with Gasteiger partial charge in [-0.1, -0.05) is 71.8 Å². The molecule has 0 aromatic carbocycles. The number of pyridine rings is 2. The molecule has 1 aliphatic carbocycles. The lowest BCUT2D eigenvalue weighted by molar-refractivity contribution is -0.160. The fraction of sp³-hybridized carbons (Fsp3) is 0.655. The average Bonchev–Trinajstić information content (AvgIpc) is 2.84. The minimum absolute atomic E-state index is 0.00649. The molecule has 2 aromatic rings. The van der Waals surface area contributed by atoms with Crippen LogP contribution in [-0.4, -0.2) is 28.9 Å². The van der Waals surface area contributed by atoms with Crippen molar-refractivity contribution in [3.63, 3.8) is 0 Å². The lowest BCUT2D eigenvalue weighted by atomic mass is 9.86. The molecule has 0 bridgehead atoms. The van der Waals surface area contributed by atoms with Crippen molar-refractivity contribution < 1.29 is 22.3 Å². The quantitative estimate of drug-likeness (QED) is 0.146. The van der Waals surface area contributed by atoms with Crippen LogP contribution in [0.15, 0.2) is 24.4 Å². The van der Waals surface area contributed by atoms with Crippen molar-refractivity contribution in [2.24, 2.45) is 5.92 Å². The van der Waals surface area contributed by atoms with Crippen LogP contribution in [-0.2, 0) is 23.5 Å². The van der Waals surface area contributed by atoms with E-state index < -0.39 is 36.3 Å². The average molecular weight is 509 g/mol. The zero-order valence-electron chi connectivity index (χ0n) is 21.8. The molecule has 36 heavy (non-hydrogen) atoms. The van der Waals surface area contributed by atoms with E-state index in [1.807, 2.05) is 6.07 Å². The molecule has 2 heterocycles. The van der Waals surface area contributed by atoms with E-state index in [9.17, 15) is 8.78 Å². The van der Waals surface area contributed by atoms with Gasteiger partial charge >= 0.3 is 5.92 Å². The van der Waals surface area contributed by atoms with E-state index in [2.05, 4.69) is 30.7 Å². The number of alkyl halides is 3. The minimum Gasteiger partial charge on any atom is -0.369 e. The van der Waals surface area contributed by atoms with Gasteiger partial charge in [0, 0.05) is 6.20 Å². The second-order valence-electron chi connectivity index (χ2n) is 10.3. The van der Waals surface area contributed by atoms with E-state index in [1.54, 1.807) is 12.3 Å². The van der Waals surface area contributed by atoms with Crippen LogP contribution in [0, 0.1) is 11.9 Å². The Balaban J connectivity index is 1.66. The summed E-state index contributed by atoms with van der Waals surface area (Å²) < 4.78 is 64.7. The first kappa shape index (κ1) is 28.5. The highest BCUT2D eigenvalue weighted by Gasteiger charge is 2.49. The molecule has 0 fully saturated rings. The Morgan fingerprint density at radius 2 is 1.83 bits per heavy atom. The second kappa shape index (κ2) is 13.5. The predicted octanol–water partition coefficient (Wildman–Crippen LogP) is 8.38. The van der Waals surface area contributed by atoms with Crippen molar-refractivity contribution in [1.29, 1.82) is 0 Å². The van der Waals surface area contributed by atoms with Crippen LogP contribution in [0.5, 0.6) is 0 Å². The summed E-state index contributed by atoms with van der Waals surface area (Å²) in [5.41, 5.74) is 1.25. The van der Waals surface area contributed by atoms with Gasteiger partial charge in [0.25, 0.3) is 0 Å². The molecular weight excluding hydrogens is 468 g/mol. The van der Waals surface area contributed by atoms with Crippen LogP contribution in [0.2, 0.25) is 0 Å². The number of hydrogen-bond acceptors (Lipinski definition) is 3. The van der Waals surface area contributed by atoms with Gasteiger partial charge in [-0.25, -0.2) is 9.37 Å². The summed E-state index contributed by atoms with van der Waals surface area (Å²) >= 11 is 0. The van der Waals surface area contributed by atoms with Crippen LogP contribution in [0.4, 0.5) is 17.6 Å². The minimum atomic E-state index is -3.57. The molecule has 3 rings (SSSR count). The Morgan fingerprint density at radius 3 is 2.53 bits per heavy atom. The Kier molecular flexibility index (Phi) is 10.7. The molecule has 1 aliphatic rings. The number of halogens is 4. The summed E-state index contributed by atoms with van der Waals surface area (Å²) in [7, 11) is 0. The van der Waals surface area contributed by atoms with Gasteiger partial charge in [0.1, 0.15) is 12.3 Å². The standard InChI is InChI=1S/C29H40F4N2O/c1-4-6-8-9-11-23(30)19-36-26-15-13-22-17-25(35-28(31)27(22)29(26,32)33)24-14-12-21(18-34-24)16-20(3)10-7-5-2/h12,14,17-18,20,23,26H,4-11,13,15-16,19H2,1-3H3. The molecular formula is C29H40F4N2O. The van der Waals surface area contributed by atoms with E-state index in [0.29, 0.717) is 18.0 Å². The van der Waals surface area contributed by atoms with Crippen LogP contribution in [0.25, 0.3) is 11.4 Å². The molecule has 200 valence electrons. The SMILES string of the molecule is CCCCCCC(F)COC1CCc2cc(-c3ccc(CC(C)CCCC)cn3)nc(F)c2C1(F)F. The normalized spacial score (nSPS) is 18.6. The number of hydrogen-bond donors (Lipinski definition) is 0. The molecule has 3 atom stereocenters.